The van der Waals surface area contributed by atoms with Crippen molar-refractivity contribution < 1.29 is 27.4 Å². The minimum Gasteiger partial charge on any atom is -0.497 e. The standard InChI is InChI=1S/C23H25F3N4O3S/c1-14(2)27-21(31)15(3)34-22-29-28-20(13-33-19-10-8-18(32-4)9-11-19)30(22)17-7-5-6-16(12-17)23(24,25)26/h5-12,14-15H,13H2,1-4H3,(H,27,31). The van der Waals surface area contributed by atoms with Crippen molar-refractivity contribution in [2.45, 2.75) is 50.0 Å². The molecule has 1 heterocycles. The van der Waals surface area contributed by atoms with Gasteiger partial charge in [0, 0.05) is 6.04 Å². The summed E-state index contributed by atoms with van der Waals surface area (Å²) in [6.07, 6.45) is -4.51. The maximum atomic E-state index is 13.3. The van der Waals surface area contributed by atoms with E-state index in [1.165, 1.54) is 16.7 Å². The lowest BCUT2D eigenvalue weighted by molar-refractivity contribution is -0.137. The van der Waals surface area contributed by atoms with Crippen LogP contribution in [0.3, 0.4) is 0 Å². The van der Waals surface area contributed by atoms with Crippen LogP contribution in [0.4, 0.5) is 13.2 Å². The molecule has 1 atom stereocenters. The van der Waals surface area contributed by atoms with Crippen LogP contribution in [0.25, 0.3) is 5.69 Å². The topological polar surface area (TPSA) is 78.3 Å². The number of carbonyl (C=O) groups is 1. The van der Waals surface area contributed by atoms with Gasteiger partial charge in [-0.1, -0.05) is 17.8 Å². The molecule has 7 nitrogen and oxygen atoms in total. The Balaban J connectivity index is 1.93. The van der Waals surface area contributed by atoms with Crippen molar-refractivity contribution in [1.29, 1.82) is 0 Å². The zero-order valence-corrected chi connectivity index (χ0v) is 19.9. The molecule has 0 radical (unpaired) electrons. The van der Waals surface area contributed by atoms with E-state index < -0.39 is 17.0 Å². The molecule has 34 heavy (non-hydrogen) atoms. The summed E-state index contributed by atoms with van der Waals surface area (Å²) in [5.41, 5.74) is -0.589. The van der Waals surface area contributed by atoms with E-state index in [9.17, 15) is 18.0 Å². The Morgan fingerprint density at radius 2 is 1.76 bits per heavy atom. The van der Waals surface area contributed by atoms with Crippen molar-refractivity contribution in [3.63, 3.8) is 0 Å². The maximum absolute atomic E-state index is 13.3. The fourth-order valence-electron chi connectivity index (χ4n) is 2.98. The zero-order chi connectivity index (χ0) is 24.9. The number of nitrogens with zero attached hydrogens (tertiary/aromatic N) is 3. The number of rotatable bonds is 9. The molecule has 0 saturated carbocycles. The Bertz CT molecular complexity index is 1120. The SMILES string of the molecule is COc1ccc(OCc2nnc(SC(C)C(=O)NC(C)C)n2-c2cccc(C(F)(F)F)c2)cc1. The van der Waals surface area contributed by atoms with Gasteiger partial charge in [-0.05, 0) is 63.2 Å². The molecule has 1 amide bonds. The number of thioether (sulfide) groups is 1. The average Bonchev–Trinajstić information content (AvgIpc) is 3.19. The molecule has 3 rings (SSSR count). The quantitative estimate of drug-likeness (QED) is 0.428. The first-order valence-electron chi connectivity index (χ1n) is 10.4. The monoisotopic (exact) mass is 494 g/mol. The van der Waals surface area contributed by atoms with E-state index in [1.54, 1.807) is 38.3 Å². The Hall–Kier alpha value is -3.21. The Morgan fingerprint density at radius 3 is 2.38 bits per heavy atom. The summed E-state index contributed by atoms with van der Waals surface area (Å²) in [5.74, 6) is 1.26. The third-order valence-electron chi connectivity index (χ3n) is 4.64. The third-order valence-corrected chi connectivity index (χ3v) is 5.68. The highest BCUT2D eigenvalue weighted by Crippen LogP contribution is 2.32. The summed E-state index contributed by atoms with van der Waals surface area (Å²) >= 11 is 1.10. The fourth-order valence-corrected chi connectivity index (χ4v) is 3.88. The molecule has 0 aliphatic heterocycles. The van der Waals surface area contributed by atoms with E-state index in [1.807, 2.05) is 13.8 Å². The highest BCUT2D eigenvalue weighted by atomic mass is 32.2. The molecule has 0 bridgehead atoms. The van der Waals surface area contributed by atoms with Crippen molar-refractivity contribution in [3.05, 3.63) is 59.9 Å². The smallest absolute Gasteiger partial charge is 0.416 e. The van der Waals surface area contributed by atoms with Crippen molar-refractivity contribution in [2.75, 3.05) is 7.11 Å². The van der Waals surface area contributed by atoms with Crippen molar-refractivity contribution in [1.82, 2.24) is 20.1 Å². The number of halogens is 3. The van der Waals surface area contributed by atoms with Crippen LogP contribution in [0, 0.1) is 0 Å². The van der Waals surface area contributed by atoms with Crippen molar-refractivity contribution in [2.24, 2.45) is 0 Å². The van der Waals surface area contributed by atoms with Crippen molar-refractivity contribution >= 4 is 17.7 Å². The predicted octanol–water partition coefficient (Wildman–Crippen LogP) is 4.88. The third kappa shape index (κ3) is 6.43. The van der Waals surface area contributed by atoms with Gasteiger partial charge < -0.3 is 14.8 Å². The Labute approximate surface area is 199 Å². The van der Waals surface area contributed by atoms with Gasteiger partial charge >= 0.3 is 6.18 Å². The van der Waals surface area contributed by atoms with Gasteiger partial charge in [0.15, 0.2) is 11.0 Å². The lowest BCUT2D eigenvalue weighted by Crippen LogP contribution is -2.36. The van der Waals surface area contributed by atoms with E-state index in [-0.39, 0.29) is 35.2 Å². The summed E-state index contributed by atoms with van der Waals surface area (Å²) in [5, 5.41) is 10.8. The van der Waals surface area contributed by atoms with E-state index in [2.05, 4.69) is 15.5 Å². The molecule has 0 saturated heterocycles. The van der Waals surface area contributed by atoms with Gasteiger partial charge in [0.25, 0.3) is 0 Å². The number of benzene rings is 2. The van der Waals surface area contributed by atoms with Crippen LogP contribution in [0.1, 0.15) is 32.2 Å². The number of hydrogen-bond acceptors (Lipinski definition) is 6. The molecule has 1 N–H and O–H groups in total. The number of aromatic nitrogens is 3. The molecule has 2 aromatic carbocycles. The average molecular weight is 495 g/mol. The predicted molar refractivity (Wildman–Crippen MR) is 122 cm³/mol. The van der Waals surface area contributed by atoms with E-state index in [0.29, 0.717) is 11.5 Å². The highest BCUT2D eigenvalue weighted by molar-refractivity contribution is 8.00. The molecule has 182 valence electrons. The zero-order valence-electron chi connectivity index (χ0n) is 19.1. The number of ether oxygens (including phenoxy) is 2. The molecule has 0 fully saturated rings. The molecule has 1 unspecified atom stereocenters. The number of alkyl halides is 3. The number of hydrogen-bond donors (Lipinski definition) is 1. The van der Waals surface area contributed by atoms with Gasteiger partial charge in [0.1, 0.15) is 18.1 Å². The lowest BCUT2D eigenvalue weighted by Gasteiger charge is -2.16. The summed E-state index contributed by atoms with van der Waals surface area (Å²) in [7, 11) is 1.55. The molecule has 11 heteroatoms. The van der Waals surface area contributed by atoms with Gasteiger partial charge in [-0.2, -0.15) is 13.2 Å². The van der Waals surface area contributed by atoms with E-state index in [4.69, 9.17) is 9.47 Å². The molecular weight excluding hydrogens is 469 g/mol. The number of amides is 1. The van der Waals surface area contributed by atoms with Gasteiger partial charge in [-0.3, -0.25) is 9.36 Å². The second-order valence-corrected chi connectivity index (χ2v) is 8.98. The summed E-state index contributed by atoms with van der Waals surface area (Å²) in [4.78, 5) is 12.4. The lowest BCUT2D eigenvalue weighted by atomic mass is 10.2. The highest BCUT2D eigenvalue weighted by Gasteiger charge is 2.31. The first-order chi connectivity index (χ1) is 16.1. The van der Waals surface area contributed by atoms with Crippen LogP contribution in [-0.4, -0.2) is 39.1 Å². The molecule has 0 aliphatic carbocycles. The van der Waals surface area contributed by atoms with Crippen molar-refractivity contribution in [3.8, 4) is 17.2 Å². The second kappa shape index (κ2) is 10.8. The van der Waals surface area contributed by atoms with Crippen LogP contribution >= 0.6 is 11.8 Å². The van der Waals surface area contributed by atoms with Crippen LogP contribution in [-0.2, 0) is 17.6 Å². The van der Waals surface area contributed by atoms with Crippen LogP contribution in [0.5, 0.6) is 11.5 Å². The Morgan fingerprint density at radius 1 is 1.09 bits per heavy atom. The number of carbonyl (C=O) groups excluding carboxylic acids is 1. The van der Waals surface area contributed by atoms with Gasteiger partial charge in [-0.15, -0.1) is 10.2 Å². The van der Waals surface area contributed by atoms with Crippen LogP contribution in [0.15, 0.2) is 53.7 Å². The second-order valence-electron chi connectivity index (χ2n) is 7.67. The normalized spacial score (nSPS) is 12.5. The van der Waals surface area contributed by atoms with Crippen LogP contribution < -0.4 is 14.8 Å². The minimum absolute atomic E-state index is 0.0506. The first-order valence-corrected chi connectivity index (χ1v) is 11.3. The van der Waals surface area contributed by atoms with E-state index in [0.717, 1.165) is 23.9 Å². The molecule has 0 aliphatic rings. The first kappa shape index (κ1) is 25.4. The summed E-state index contributed by atoms with van der Waals surface area (Å²) in [6, 6.07) is 11.7. The number of methoxy groups -OCH3 is 1. The molecule has 1 aromatic heterocycles. The fraction of sp³-hybridized carbons (Fsp3) is 0.348. The minimum atomic E-state index is -4.51. The van der Waals surface area contributed by atoms with Crippen LogP contribution in [0.2, 0.25) is 0 Å². The van der Waals surface area contributed by atoms with Gasteiger partial charge in [0.05, 0.1) is 23.6 Å². The van der Waals surface area contributed by atoms with Gasteiger partial charge in [0.2, 0.25) is 5.91 Å². The molecule has 0 spiro atoms. The number of nitrogens with one attached hydrogen (secondary N) is 1. The maximum Gasteiger partial charge on any atom is 0.416 e. The molecule has 3 aromatic rings. The largest absolute Gasteiger partial charge is 0.497 e. The van der Waals surface area contributed by atoms with E-state index >= 15 is 0 Å². The molecular formula is C23H25F3N4O3S. The summed E-state index contributed by atoms with van der Waals surface area (Å²) in [6.45, 7) is 5.33. The summed E-state index contributed by atoms with van der Waals surface area (Å²) < 4.78 is 52.4. The van der Waals surface area contributed by atoms with Gasteiger partial charge in [-0.25, -0.2) is 0 Å². The Kier molecular flexibility index (Phi) is 8.08.